The molecule has 164 valence electrons. The first kappa shape index (κ1) is 21.4. The molecule has 4 aromatic rings. The molecule has 0 fully saturated rings. The quantitative estimate of drug-likeness (QED) is 0.387. The van der Waals surface area contributed by atoms with Gasteiger partial charge in [0.1, 0.15) is 5.75 Å². The van der Waals surface area contributed by atoms with Crippen molar-refractivity contribution in [3.05, 3.63) is 71.3 Å². The minimum Gasteiger partial charge on any atom is -0.496 e. The number of aryl methyl sites for hydroxylation is 2. The fraction of sp³-hybridized carbons (Fsp3) is 0.231. The Balaban J connectivity index is 1.76. The van der Waals surface area contributed by atoms with Crippen molar-refractivity contribution in [1.82, 2.24) is 10.3 Å². The summed E-state index contributed by atoms with van der Waals surface area (Å²) < 4.78 is 10.6. The van der Waals surface area contributed by atoms with E-state index in [9.17, 15) is 4.79 Å². The van der Waals surface area contributed by atoms with Gasteiger partial charge in [0, 0.05) is 36.0 Å². The van der Waals surface area contributed by atoms with Crippen LogP contribution in [-0.2, 0) is 11.2 Å². The van der Waals surface area contributed by atoms with Gasteiger partial charge < -0.3 is 20.1 Å². The molecule has 32 heavy (non-hydrogen) atoms. The van der Waals surface area contributed by atoms with E-state index < -0.39 is 6.09 Å². The van der Waals surface area contributed by atoms with Gasteiger partial charge in [-0.05, 0) is 55.3 Å². The van der Waals surface area contributed by atoms with Crippen molar-refractivity contribution in [3.8, 4) is 5.75 Å². The molecule has 0 saturated heterocycles. The second-order valence-electron chi connectivity index (χ2n) is 7.81. The van der Waals surface area contributed by atoms with Gasteiger partial charge in [-0.3, -0.25) is 0 Å². The highest BCUT2D eigenvalue weighted by molar-refractivity contribution is 6.09. The first-order chi connectivity index (χ1) is 15.5. The Bertz CT molecular complexity index is 1300. The van der Waals surface area contributed by atoms with Gasteiger partial charge in [0.2, 0.25) is 0 Å². The molecule has 1 heterocycles. The van der Waals surface area contributed by atoms with Crippen molar-refractivity contribution in [2.75, 3.05) is 26.1 Å². The molecule has 0 atom stereocenters. The van der Waals surface area contributed by atoms with E-state index in [1.165, 1.54) is 5.56 Å². The molecule has 0 radical (unpaired) electrons. The number of hydrogen-bond acceptors (Lipinski definition) is 5. The van der Waals surface area contributed by atoms with Gasteiger partial charge >= 0.3 is 6.09 Å². The lowest BCUT2D eigenvalue weighted by Crippen LogP contribution is -2.20. The zero-order valence-electron chi connectivity index (χ0n) is 18.8. The maximum Gasteiger partial charge on any atom is 0.406 e. The summed E-state index contributed by atoms with van der Waals surface area (Å²) in [4.78, 5) is 16.2. The lowest BCUT2D eigenvalue weighted by atomic mass is 10.0. The highest BCUT2D eigenvalue weighted by Crippen LogP contribution is 2.36. The van der Waals surface area contributed by atoms with E-state index in [0.29, 0.717) is 13.0 Å². The van der Waals surface area contributed by atoms with Gasteiger partial charge in [-0.2, -0.15) is 0 Å². The summed E-state index contributed by atoms with van der Waals surface area (Å²) in [6.07, 6.45) is 0.214. The Hall–Kier alpha value is -3.80. The molecule has 0 aliphatic carbocycles. The van der Waals surface area contributed by atoms with Gasteiger partial charge in [0.25, 0.3) is 0 Å². The lowest BCUT2D eigenvalue weighted by Gasteiger charge is -2.16. The number of pyridine rings is 1. The Kier molecular flexibility index (Phi) is 6.12. The molecule has 2 N–H and O–H groups in total. The number of methoxy groups -OCH3 is 1. The molecule has 3 aromatic carbocycles. The van der Waals surface area contributed by atoms with Gasteiger partial charge in [-0.1, -0.05) is 23.8 Å². The van der Waals surface area contributed by atoms with Crippen LogP contribution in [0.25, 0.3) is 21.8 Å². The van der Waals surface area contributed by atoms with E-state index in [4.69, 9.17) is 14.5 Å². The van der Waals surface area contributed by atoms with E-state index in [1.807, 2.05) is 37.3 Å². The minimum absolute atomic E-state index is 0.322. The number of carbonyl (C=O) groups is 1. The maximum absolute atomic E-state index is 11.3. The van der Waals surface area contributed by atoms with Crippen molar-refractivity contribution in [1.29, 1.82) is 0 Å². The molecular formula is C26H27N3O3. The van der Waals surface area contributed by atoms with E-state index in [2.05, 4.69) is 41.8 Å². The third-order valence-electron chi connectivity index (χ3n) is 5.47. The topological polar surface area (TPSA) is 72.5 Å². The smallest absolute Gasteiger partial charge is 0.406 e. The number of hydrogen-bond donors (Lipinski definition) is 2. The summed E-state index contributed by atoms with van der Waals surface area (Å²) in [6.45, 7) is 4.44. The van der Waals surface area contributed by atoms with Crippen molar-refractivity contribution in [2.45, 2.75) is 20.3 Å². The Morgan fingerprint density at radius 3 is 2.59 bits per heavy atom. The summed E-state index contributed by atoms with van der Waals surface area (Å²) in [5.74, 6) is 0.820. The summed E-state index contributed by atoms with van der Waals surface area (Å²) in [5.41, 5.74) is 7.08. The average Bonchev–Trinajstić information content (AvgIpc) is 2.79. The van der Waals surface area contributed by atoms with Crippen molar-refractivity contribution >= 4 is 39.3 Å². The molecule has 0 unspecified atom stereocenters. The third kappa shape index (κ3) is 4.44. The third-order valence-corrected chi connectivity index (χ3v) is 5.47. The molecule has 6 heteroatoms. The number of fused-ring (bicyclic) bond motifs is 2. The number of ether oxygens (including phenoxy) is 2. The van der Waals surface area contributed by atoms with Crippen LogP contribution in [0.3, 0.4) is 0 Å². The molecule has 4 rings (SSSR count). The van der Waals surface area contributed by atoms with Crippen LogP contribution in [0.15, 0.2) is 54.6 Å². The summed E-state index contributed by atoms with van der Waals surface area (Å²) in [7, 11) is 3.23. The van der Waals surface area contributed by atoms with E-state index in [1.54, 1.807) is 14.2 Å². The first-order valence-electron chi connectivity index (χ1n) is 10.6. The largest absolute Gasteiger partial charge is 0.496 e. The molecule has 6 nitrogen and oxygen atoms in total. The number of rotatable bonds is 6. The Labute approximate surface area is 187 Å². The number of benzene rings is 3. The Morgan fingerprint density at radius 2 is 1.81 bits per heavy atom. The number of aromatic nitrogens is 1. The predicted octanol–water partition coefficient (Wildman–Crippen LogP) is 5.66. The molecular weight excluding hydrogens is 402 g/mol. The number of anilines is 2. The lowest BCUT2D eigenvalue weighted by molar-refractivity contribution is 0.150. The van der Waals surface area contributed by atoms with Crippen molar-refractivity contribution < 1.29 is 14.3 Å². The van der Waals surface area contributed by atoms with Crippen LogP contribution in [0.4, 0.5) is 16.2 Å². The van der Waals surface area contributed by atoms with E-state index in [0.717, 1.165) is 50.1 Å². The number of alkyl carbamates (subject to hydrolysis) is 1. The number of nitrogens with one attached hydrogen (secondary N) is 2. The maximum atomic E-state index is 11.3. The fourth-order valence-corrected chi connectivity index (χ4v) is 3.83. The van der Waals surface area contributed by atoms with Crippen LogP contribution in [0.5, 0.6) is 5.75 Å². The van der Waals surface area contributed by atoms with Crippen LogP contribution in [-0.4, -0.2) is 31.8 Å². The van der Waals surface area contributed by atoms with Crippen LogP contribution in [0.1, 0.15) is 16.7 Å². The highest BCUT2D eigenvalue weighted by atomic mass is 16.5. The summed E-state index contributed by atoms with van der Waals surface area (Å²) >= 11 is 0. The zero-order valence-corrected chi connectivity index (χ0v) is 18.8. The van der Waals surface area contributed by atoms with Crippen LogP contribution in [0.2, 0.25) is 0 Å². The number of nitrogens with zero attached hydrogens (tertiary/aromatic N) is 1. The molecule has 0 aliphatic heterocycles. The average molecular weight is 430 g/mol. The van der Waals surface area contributed by atoms with Gasteiger partial charge in [-0.25, -0.2) is 9.78 Å². The number of carbonyl (C=O) groups excluding carboxylic acids is 1. The minimum atomic E-state index is -0.421. The van der Waals surface area contributed by atoms with E-state index in [-0.39, 0.29) is 0 Å². The van der Waals surface area contributed by atoms with Crippen LogP contribution < -0.4 is 15.4 Å². The zero-order chi connectivity index (χ0) is 22.7. The number of amides is 1. The second kappa shape index (κ2) is 9.14. The van der Waals surface area contributed by atoms with Crippen LogP contribution in [0, 0.1) is 13.8 Å². The first-order valence-corrected chi connectivity index (χ1v) is 10.6. The molecule has 0 aliphatic rings. The van der Waals surface area contributed by atoms with E-state index >= 15 is 0 Å². The van der Waals surface area contributed by atoms with Gasteiger partial charge in [0.15, 0.2) is 0 Å². The monoisotopic (exact) mass is 429 g/mol. The SMILES string of the molecule is CNC(=O)OCCc1cccc(Nc2c3cc(C)ccc3nc3cc(OC)c(C)cc23)c1. The second-order valence-corrected chi connectivity index (χ2v) is 7.81. The fourth-order valence-electron chi connectivity index (χ4n) is 3.83. The standard InChI is InChI=1S/C26H27N3O3/c1-16-8-9-22-20(12-16)25(21-13-17(2)24(31-4)15-23(21)29-22)28-19-7-5-6-18(14-19)10-11-32-26(30)27-3/h5-9,12-15H,10-11H2,1-4H3,(H,27,30)(H,28,29). The normalized spacial score (nSPS) is 10.9. The van der Waals surface area contributed by atoms with Gasteiger partial charge in [0.05, 0.1) is 30.4 Å². The van der Waals surface area contributed by atoms with Crippen molar-refractivity contribution in [3.63, 3.8) is 0 Å². The predicted molar refractivity (Wildman–Crippen MR) is 129 cm³/mol. The summed E-state index contributed by atoms with van der Waals surface area (Å²) in [5, 5.41) is 8.19. The molecule has 1 amide bonds. The summed E-state index contributed by atoms with van der Waals surface area (Å²) in [6, 6.07) is 18.5. The van der Waals surface area contributed by atoms with Crippen molar-refractivity contribution in [2.24, 2.45) is 0 Å². The van der Waals surface area contributed by atoms with Gasteiger partial charge in [-0.15, -0.1) is 0 Å². The molecule has 1 aromatic heterocycles. The Morgan fingerprint density at radius 1 is 1.00 bits per heavy atom. The highest BCUT2D eigenvalue weighted by Gasteiger charge is 2.13. The molecule has 0 saturated carbocycles. The molecule has 0 bridgehead atoms. The van der Waals surface area contributed by atoms with Crippen LogP contribution >= 0.6 is 0 Å². The molecule has 0 spiro atoms.